The van der Waals surface area contributed by atoms with E-state index in [-0.39, 0.29) is 42.7 Å². The van der Waals surface area contributed by atoms with E-state index in [0.29, 0.717) is 11.3 Å². The van der Waals surface area contributed by atoms with Crippen LogP contribution in [0.25, 0.3) is 0 Å². The van der Waals surface area contributed by atoms with Gasteiger partial charge in [-0.15, -0.1) is 12.4 Å². The molecule has 0 radical (unpaired) electrons. The van der Waals surface area contributed by atoms with Gasteiger partial charge < -0.3 is 20.1 Å². The van der Waals surface area contributed by atoms with Gasteiger partial charge >= 0.3 is 0 Å². The van der Waals surface area contributed by atoms with Crippen LogP contribution >= 0.6 is 12.4 Å². The highest BCUT2D eigenvalue weighted by molar-refractivity contribution is 5.85. The summed E-state index contributed by atoms with van der Waals surface area (Å²) in [7, 11) is 6.32. The van der Waals surface area contributed by atoms with Crippen molar-refractivity contribution >= 4 is 24.0 Å². The van der Waals surface area contributed by atoms with Crippen LogP contribution in [-0.2, 0) is 18.3 Å². The van der Waals surface area contributed by atoms with Crippen LogP contribution in [-0.4, -0.2) is 48.4 Å². The summed E-state index contributed by atoms with van der Waals surface area (Å²) in [5.41, 5.74) is 1.09. The van der Waals surface area contributed by atoms with Crippen LogP contribution in [0.2, 0.25) is 0 Å². The minimum atomic E-state index is -0.556. The van der Waals surface area contributed by atoms with E-state index in [2.05, 4.69) is 15.7 Å². The summed E-state index contributed by atoms with van der Waals surface area (Å²) in [6, 6.07) is 2.32. The molecule has 2 aromatic rings. The van der Waals surface area contributed by atoms with E-state index in [1.807, 2.05) is 0 Å². The number of benzene rings is 1. The molecule has 1 heterocycles. The first kappa shape index (κ1) is 23.2. The molecule has 0 bridgehead atoms. The Morgan fingerprint density at radius 1 is 1.32 bits per heavy atom. The fraction of sp³-hybridized carbons (Fsp3) is 0.412. The molecule has 154 valence electrons. The number of carbonyl (C=O) groups excluding carboxylic acids is 1. The molecule has 2 rings (SSSR count). The van der Waals surface area contributed by atoms with Crippen molar-refractivity contribution < 1.29 is 19.2 Å². The first-order valence-corrected chi connectivity index (χ1v) is 8.24. The molecule has 1 atom stereocenters. The molecule has 0 saturated heterocycles. The van der Waals surface area contributed by atoms with Crippen molar-refractivity contribution in [2.45, 2.75) is 12.5 Å². The Hall–Kier alpha value is -2.85. The van der Waals surface area contributed by atoms with Crippen molar-refractivity contribution in [3.63, 3.8) is 0 Å². The number of aryl methyl sites for hydroxylation is 1. The number of likely N-dealkylation sites (N-methyl/N-ethyl adjacent to an activating group) is 1. The monoisotopic (exact) mass is 413 g/mol. The fourth-order valence-electron chi connectivity index (χ4n) is 2.74. The van der Waals surface area contributed by atoms with Crippen LogP contribution < -0.4 is 20.1 Å². The van der Waals surface area contributed by atoms with Gasteiger partial charge in [0.15, 0.2) is 11.5 Å². The molecule has 0 aliphatic heterocycles. The number of ether oxygens (including phenoxy) is 2. The number of carbonyl (C=O) groups is 1. The van der Waals surface area contributed by atoms with E-state index >= 15 is 0 Å². The zero-order valence-corrected chi connectivity index (χ0v) is 16.9. The predicted molar refractivity (Wildman–Crippen MR) is 105 cm³/mol. The second-order valence-electron chi connectivity index (χ2n) is 5.80. The number of amides is 1. The average Bonchev–Trinajstić information content (AvgIpc) is 3.07. The zero-order valence-electron chi connectivity index (χ0n) is 16.1. The molecule has 1 amide bonds. The lowest BCUT2D eigenvalue weighted by atomic mass is 10.1. The molecule has 0 spiro atoms. The van der Waals surface area contributed by atoms with Gasteiger partial charge in [0.1, 0.15) is 6.04 Å². The third-order valence-corrected chi connectivity index (χ3v) is 4.08. The van der Waals surface area contributed by atoms with Gasteiger partial charge in [-0.2, -0.15) is 5.10 Å². The lowest BCUT2D eigenvalue weighted by Crippen LogP contribution is -2.36. The summed E-state index contributed by atoms with van der Waals surface area (Å²) in [4.78, 5) is 23.3. The minimum Gasteiger partial charge on any atom is -0.493 e. The third kappa shape index (κ3) is 5.33. The highest BCUT2D eigenvalue weighted by atomic mass is 35.5. The molecular weight excluding hydrogens is 390 g/mol. The molecule has 0 aliphatic carbocycles. The minimum absolute atomic E-state index is 0. The Kier molecular flexibility index (Phi) is 8.68. The van der Waals surface area contributed by atoms with Crippen molar-refractivity contribution in [2.75, 3.05) is 27.8 Å². The molecule has 1 aromatic carbocycles. The van der Waals surface area contributed by atoms with Gasteiger partial charge in [0, 0.05) is 30.9 Å². The summed E-state index contributed by atoms with van der Waals surface area (Å²) in [6.07, 6.45) is 3.63. The van der Waals surface area contributed by atoms with Crippen LogP contribution in [0, 0.1) is 10.1 Å². The van der Waals surface area contributed by atoms with Gasteiger partial charge in [0.2, 0.25) is 5.91 Å². The van der Waals surface area contributed by atoms with Crippen molar-refractivity contribution in [1.29, 1.82) is 0 Å². The number of hydrogen-bond acceptors (Lipinski definition) is 7. The number of aromatic nitrogens is 2. The van der Waals surface area contributed by atoms with Gasteiger partial charge in [-0.25, -0.2) is 0 Å². The van der Waals surface area contributed by atoms with E-state index < -0.39 is 11.0 Å². The van der Waals surface area contributed by atoms with Crippen LogP contribution in [0.4, 0.5) is 5.69 Å². The number of nitro benzene ring substituents is 1. The maximum atomic E-state index is 12.4. The number of nitrogens with zero attached hydrogens (tertiary/aromatic N) is 3. The van der Waals surface area contributed by atoms with Crippen molar-refractivity contribution in [3.05, 3.63) is 45.8 Å². The van der Waals surface area contributed by atoms with Crippen LogP contribution in [0.1, 0.15) is 17.2 Å². The first-order valence-electron chi connectivity index (χ1n) is 8.24. The van der Waals surface area contributed by atoms with E-state index in [9.17, 15) is 14.9 Å². The number of hydrogen-bond donors (Lipinski definition) is 2. The number of nitro groups is 1. The molecule has 28 heavy (non-hydrogen) atoms. The quantitative estimate of drug-likeness (QED) is 0.470. The smallest absolute Gasteiger partial charge is 0.276 e. The Morgan fingerprint density at radius 2 is 1.96 bits per heavy atom. The third-order valence-electron chi connectivity index (χ3n) is 4.08. The molecule has 0 fully saturated rings. The number of methoxy groups -OCH3 is 2. The van der Waals surface area contributed by atoms with Crippen molar-refractivity contribution in [1.82, 2.24) is 20.4 Å². The molecule has 1 unspecified atom stereocenters. The molecule has 0 saturated carbocycles. The molecule has 11 heteroatoms. The summed E-state index contributed by atoms with van der Waals surface area (Å²) in [5.74, 6) is 0.435. The van der Waals surface area contributed by atoms with Crippen molar-refractivity contribution in [3.8, 4) is 11.5 Å². The van der Waals surface area contributed by atoms with Gasteiger partial charge in [-0.1, -0.05) is 0 Å². The number of nitrogens with one attached hydrogen (secondary N) is 2. The molecular formula is C17H24ClN5O5. The molecule has 0 aliphatic rings. The number of rotatable bonds is 9. The summed E-state index contributed by atoms with van der Waals surface area (Å²) < 4.78 is 11.9. The summed E-state index contributed by atoms with van der Waals surface area (Å²) >= 11 is 0. The maximum absolute atomic E-state index is 12.4. The Bertz CT molecular complexity index is 826. The largest absolute Gasteiger partial charge is 0.493 e. The molecule has 10 nitrogen and oxygen atoms in total. The second kappa shape index (κ2) is 10.5. The predicted octanol–water partition coefficient (Wildman–Crippen LogP) is 1.39. The standard InChI is InChI=1S/C17H23N5O5.ClH/c1-18-16(12-9-20-21(2)10-12)17(23)19-6-5-11-7-14(26-3)15(27-4)8-13(11)22(24)25;/h7-10,16,18H,5-6H2,1-4H3,(H,19,23);1H. The molecule has 2 N–H and O–H groups in total. The van der Waals surface area contributed by atoms with Gasteiger partial charge in [-0.05, 0) is 19.5 Å². The molecule has 1 aromatic heterocycles. The van der Waals surface area contributed by atoms with Gasteiger partial charge in [0.05, 0.1) is 31.4 Å². The zero-order chi connectivity index (χ0) is 20.0. The normalized spacial score (nSPS) is 11.3. The van der Waals surface area contributed by atoms with Crippen LogP contribution in [0.5, 0.6) is 11.5 Å². The maximum Gasteiger partial charge on any atom is 0.276 e. The average molecular weight is 414 g/mol. The van der Waals surface area contributed by atoms with Gasteiger partial charge in [0.25, 0.3) is 5.69 Å². The summed E-state index contributed by atoms with van der Waals surface area (Å²) in [6.45, 7) is 0.230. The highest BCUT2D eigenvalue weighted by Crippen LogP contribution is 2.34. The van der Waals surface area contributed by atoms with Crippen molar-refractivity contribution in [2.24, 2.45) is 7.05 Å². The lowest BCUT2D eigenvalue weighted by molar-refractivity contribution is -0.385. The van der Waals surface area contributed by atoms with E-state index in [1.54, 1.807) is 37.2 Å². The Morgan fingerprint density at radius 3 is 2.46 bits per heavy atom. The van der Waals surface area contributed by atoms with Crippen LogP contribution in [0.15, 0.2) is 24.5 Å². The van der Waals surface area contributed by atoms with Gasteiger partial charge in [-0.3, -0.25) is 19.6 Å². The Balaban J connectivity index is 0.00000392. The SMILES string of the molecule is CNC(C(=O)NCCc1cc(OC)c(OC)cc1[N+](=O)[O-])c1cnn(C)c1.Cl. The Labute approximate surface area is 168 Å². The van der Waals surface area contributed by atoms with Crippen LogP contribution in [0.3, 0.4) is 0 Å². The lowest BCUT2D eigenvalue weighted by Gasteiger charge is -2.15. The van der Waals surface area contributed by atoms with E-state index in [1.165, 1.54) is 20.3 Å². The van der Waals surface area contributed by atoms with E-state index in [0.717, 1.165) is 5.56 Å². The first-order chi connectivity index (χ1) is 12.9. The topological polar surface area (TPSA) is 121 Å². The fourth-order valence-corrected chi connectivity index (χ4v) is 2.74. The van der Waals surface area contributed by atoms with E-state index in [4.69, 9.17) is 9.47 Å². The highest BCUT2D eigenvalue weighted by Gasteiger charge is 2.22. The second-order valence-corrected chi connectivity index (χ2v) is 5.80. The summed E-state index contributed by atoms with van der Waals surface area (Å²) in [5, 5.41) is 21.1. The number of halogens is 1.